The molecule has 1 aliphatic carbocycles. The van der Waals surface area contributed by atoms with Crippen LogP contribution in [0.4, 0.5) is 0 Å². The Balaban J connectivity index is 2.00. The molecule has 0 radical (unpaired) electrons. The molecule has 1 saturated carbocycles. The molecule has 1 aliphatic rings. The maximum Gasteiger partial charge on any atom is 0.294 e. The van der Waals surface area contributed by atoms with Crippen LogP contribution in [0.5, 0.6) is 5.19 Å². The van der Waals surface area contributed by atoms with Gasteiger partial charge < -0.3 is 15.2 Å². The van der Waals surface area contributed by atoms with Gasteiger partial charge in [-0.15, -0.1) is 10.2 Å². The highest BCUT2D eigenvalue weighted by atomic mass is 32.1. The van der Waals surface area contributed by atoms with Crippen LogP contribution in [0, 0.1) is 11.3 Å². The zero-order valence-electron chi connectivity index (χ0n) is 13.5. The summed E-state index contributed by atoms with van der Waals surface area (Å²) < 4.78 is 5.35. The first-order valence-electron chi connectivity index (χ1n) is 7.69. The van der Waals surface area contributed by atoms with Crippen molar-refractivity contribution in [2.45, 2.75) is 59.0 Å². The van der Waals surface area contributed by atoms with Crippen molar-refractivity contribution in [3.8, 4) is 5.19 Å². The Morgan fingerprint density at radius 1 is 1.38 bits per heavy atom. The Labute approximate surface area is 131 Å². The molecule has 120 valence electrons. The number of nitrogens with one attached hydrogen (secondary N) is 1. The van der Waals surface area contributed by atoms with Gasteiger partial charge in [0.05, 0.1) is 19.8 Å². The van der Waals surface area contributed by atoms with Crippen LogP contribution in [0.3, 0.4) is 0 Å². The van der Waals surface area contributed by atoms with Crippen molar-refractivity contribution in [1.29, 1.82) is 0 Å². The third kappa shape index (κ3) is 4.37. The molecule has 0 amide bonds. The van der Waals surface area contributed by atoms with Gasteiger partial charge in [0.15, 0.2) is 0 Å². The van der Waals surface area contributed by atoms with E-state index in [9.17, 15) is 5.11 Å². The molecule has 1 fully saturated rings. The van der Waals surface area contributed by atoms with Gasteiger partial charge in [-0.3, -0.25) is 0 Å². The zero-order chi connectivity index (χ0) is 15.5. The molecule has 0 aliphatic heterocycles. The van der Waals surface area contributed by atoms with Gasteiger partial charge in [-0.25, -0.2) is 0 Å². The second kappa shape index (κ2) is 6.58. The van der Waals surface area contributed by atoms with E-state index in [2.05, 4.69) is 36.3 Å². The SMILES string of the molecule is CCOc1nnc(CNC2(CO)CC(C)CC(C)(C)C2)s1. The lowest BCUT2D eigenvalue weighted by atomic mass is 9.64. The van der Waals surface area contributed by atoms with Crippen LogP contribution in [-0.2, 0) is 6.54 Å². The number of aliphatic hydroxyl groups excluding tert-OH is 1. The van der Waals surface area contributed by atoms with Gasteiger partial charge in [-0.2, -0.15) is 0 Å². The Morgan fingerprint density at radius 2 is 2.14 bits per heavy atom. The average Bonchev–Trinajstić information content (AvgIpc) is 2.82. The minimum Gasteiger partial charge on any atom is -0.469 e. The molecular formula is C15H27N3O2S. The highest BCUT2D eigenvalue weighted by Gasteiger charge is 2.42. The van der Waals surface area contributed by atoms with E-state index in [1.54, 1.807) is 0 Å². The van der Waals surface area contributed by atoms with E-state index < -0.39 is 0 Å². The fourth-order valence-electron chi connectivity index (χ4n) is 3.81. The van der Waals surface area contributed by atoms with Gasteiger partial charge in [-0.05, 0) is 37.5 Å². The summed E-state index contributed by atoms with van der Waals surface area (Å²) in [5, 5.41) is 23.1. The third-order valence-electron chi connectivity index (χ3n) is 4.09. The molecule has 0 spiro atoms. The number of hydrogen-bond donors (Lipinski definition) is 2. The molecule has 1 heterocycles. The number of aromatic nitrogens is 2. The lowest BCUT2D eigenvalue weighted by Gasteiger charge is -2.47. The standard InChI is InChI=1S/C15H27N3O2S/c1-5-20-13-18-17-12(21-13)8-16-15(10-19)7-11(2)6-14(3,4)9-15/h11,16,19H,5-10H2,1-4H3. The number of aliphatic hydroxyl groups is 1. The van der Waals surface area contributed by atoms with Gasteiger partial charge in [0.25, 0.3) is 5.19 Å². The van der Waals surface area contributed by atoms with Crippen molar-refractivity contribution < 1.29 is 9.84 Å². The van der Waals surface area contributed by atoms with E-state index in [4.69, 9.17) is 4.74 Å². The van der Waals surface area contributed by atoms with Gasteiger partial charge in [0.1, 0.15) is 5.01 Å². The molecular weight excluding hydrogens is 286 g/mol. The highest BCUT2D eigenvalue weighted by Crippen LogP contribution is 2.43. The summed E-state index contributed by atoms with van der Waals surface area (Å²) in [6.07, 6.45) is 3.20. The zero-order valence-corrected chi connectivity index (χ0v) is 14.3. The summed E-state index contributed by atoms with van der Waals surface area (Å²) in [4.78, 5) is 0. The van der Waals surface area contributed by atoms with Gasteiger partial charge >= 0.3 is 0 Å². The van der Waals surface area contributed by atoms with E-state index in [1.165, 1.54) is 17.8 Å². The van der Waals surface area contributed by atoms with Gasteiger partial charge in [-0.1, -0.05) is 32.1 Å². The molecule has 0 aromatic carbocycles. The smallest absolute Gasteiger partial charge is 0.294 e. The highest BCUT2D eigenvalue weighted by molar-refractivity contribution is 7.13. The summed E-state index contributed by atoms with van der Waals surface area (Å²) >= 11 is 1.47. The van der Waals surface area contributed by atoms with Crippen LogP contribution in [0.25, 0.3) is 0 Å². The normalized spacial score (nSPS) is 28.5. The first kappa shape index (κ1) is 16.6. The van der Waals surface area contributed by atoms with Crippen molar-refractivity contribution in [2.24, 2.45) is 11.3 Å². The van der Waals surface area contributed by atoms with E-state index in [0.29, 0.717) is 24.3 Å². The lowest BCUT2D eigenvalue weighted by molar-refractivity contribution is 0.0352. The van der Waals surface area contributed by atoms with Crippen LogP contribution in [0.2, 0.25) is 0 Å². The van der Waals surface area contributed by atoms with E-state index in [1.807, 2.05) is 6.92 Å². The average molecular weight is 313 g/mol. The third-order valence-corrected chi connectivity index (χ3v) is 4.93. The molecule has 6 heteroatoms. The van der Waals surface area contributed by atoms with E-state index in [-0.39, 0.29) is 17.6 Å². The Kier molecular flexibility index (Phi) is 5.22. The molecule has 2 N–H and O–H groups in total. The molecule has 0 bridgehead atoms. The Bertz CT molecular complexity index is 464. The summed E-state index contributed by atoms with van der Waals surface area (Å²) in [5.41, 5.74) is 0.0453. The maximum absolute atomic E-state index is 9.94. The van der Waals surface area contributed by atoms with Crippen molar-refractivity contribution in [2.75, 3.05) is 13.2 Å². The topological polar surface area (TPSA) is 67.3 Å². The minimum absolute atomic E-state index is 0.165. The second-order valence-corrected chi connectivity index (χ2v) is 8.07. The van der Waals surface area contributed by atoms with Crippen molar-refractivity contribution >= 4 is 11.3 Å². The summed E-state index contributed by atoms with van der Waals surface area (Å²) in [5.74, 6) is 0.613. The molecule has 2 atom stereocenters. The van der Waals surface area contributed by atoms with Gasteiger partial charge in [0.2, 0.25) is 0 Å². The molecule has 1 aromatic rings. The van der Waals surface area contributed by atoms with Crippen molar-refractivity contribution in [3.05, 3.63) is 5.01 Å². The fraction of sp³-hybridized carbons (Fsp3) is 0.867. The van der Waals surface area contributed by atoms with Crippen LogP contribution in [-0.4, -0.2) is 34.1 Å². The second-order valence-electron chi connectivity index (χ2n) is 7.04. The molecule has 5 nitrogen and oxygen atoms in total. The summed E-state index contributed by atoms with van der Waals surface area (Å²) in [7, 11) is 0. The predicted molar refractivity (Wildman–Crippen MR) is 84.5 cm³/mol. The van der Waals surface area contributed by atoms with E-state index >= 15 is 0 Å². The monoisotopic (exact) mass is 313 g/mol. The lowest BCUT2D eigenvalue weighted by Crippen LogP contribution is -2.54. The summed E-state index contributed by atoms with van der Waals surface area (Å²) in [6.45, 7) is 10.2. The molecule has 2 unspecified atom stereocenters. The number of rotatable bonds is 6. The van der Waals surface area contributed by atoms with Crippen molar-refractivity contribution in [3.63, 3.8) is 0 Å². The van der Waals surface area contributed by atoms with Crippen LogP contribution in [0.15, 0.2) is 0 Å². The van der Waals surface area contributed by atoms with Crippen molar-refractivity contribution in [1.82, 2.24) is 15.5 Å². The number of hydrogen-bond acceptors (Lipinski definition) is 6. The first-order valence-corrected chi connectivity index (χ1v) is 8.51. The molecule has 2 rings (SSSR count). The molecule has 1 aromatic heterocycles. The number of nitrogens with zero attached hydrogens (tertiary/aromatic N) is 2. The Morgan fingerprint density at radius 3 is 2.76 bits per heavy atom. The summed E-state index contributed by atoms with van der Waals surface area (Å²) in [6, 6.07) is 0. The van der Waals surface area contributed by atoms with Crippen LogP contribution < -0.4 is 10.1 Å². The maximum atomic E-state index is 9.94. The predicted octanol–water partition coefficient (Wildman–Crippen LogP) is 2.60. The molecule has 0 saturated heterocycles. The molecule has 21 heavy (non-hydrogen) atoms. The Hall–Kier alpha value is -0.720. The fourth-order valence-corrected chi connectivity index (χ4v) is 4.49. The van der Waals surface area contributed by atoms with Gasteiger partial charge in [0, 0.05) is 5.54 Å². The minimum atomic E-state index is -0.210. The largest absolute Gasteiger partial charge is 0.469 e. The van der Waals surface area contributed by atoms with Crippen LogP contribution >= 0.6 is 11.3 Å². The number of ether oxygens (including phenoxy) is 1. The van der Waals surface area contributed by atoms with Crippen LogP contribution in [0.1, 0.15) is 52.0 Å². The quantitative estimate of drug-likeness (QED) is 0.845. The first-order chi connectivity index (χ1) is 9.88. The van der Waals surface area contributed by atoms with E-state index in [0.717, 1.165) is 17.8 Å².